The summed E-state index contributed by atoms with van der Waals surface area (Å²) in [5, 5.41) is 5.90. The third-order valence-electron chi connectivity index (χ3n) is 4.33. The molecule has 0 unspecified atom stereocenters. The summed E-state index contributed by atoms with van der Waals surface area (Å²) in [7, 11) is 3.72. The third kappa shape index (κ3) is 3.63. The Balaban J connectivity index is 1.77. The summed E-state index contributed by atoms with van der Waals surface area (Å²) in [6, 6.07) is 9.27. The maximum absolute atomic E-state index is 12.7. The Bertz CT molecular complexity index is 817. The average Bonchev–Trinajstić information content (AvgIpc) is 2.61. The number of nitrogens with one attached hydrogen (secondary N) is 2. The minimum atomic E-state index is -0.157. The van der Waals surface area contributed by atoms with E-state index in [-0.39, 0.29) is 17.9 Å². The van der Waals surface area contributed by atoms with Gasteiger partial charge in [-0.25, -0.2) is 4.98 Å². The molecule has 0 spiro atoms. The smallest absolute Gasteiger partial charge is 0.255 e. The fourth-order valence-electron chi connectivity index (χ4n) is 2.96. The molecule has 1 aromatic carbocycles. The molecule has 2 heterocycles. The van der Waals surface area contributed by atoms with Gasteiger partial charge in [-0.05, 0) is 42.7 Å². The molecule has 1 aliphatic rings. The number of rotatable bonds is 4. The second kappa shape index (κ2) is 6.93. The van der Waals surface area contributed by atoms with Gasteiger partial charge >= 0.3 is 0 Å². The van der Waals surface area contributed by atoms with Crippen LogP contribution in [0.4, 0.5) is 11.5 Å². The molecular weight excluding hydrogens is 316 g/mol. The fourth-order valence-corrected chi connectivity index (χ4v) is 2.96. The summed E-state index contributed by atoms with van der Waals surface area (Å²) in [6.07, 6.45) is 2.90. The summed E-state index contributed by atoms with van der Waals surface area (Å²) in [4.78, 5) is 30.2. The number of pyridine rings is 1. The molecule has 6 nitrogen and oxygen atoms in total. The zero-order valence-corrected chi connectivity index (χ0v) is 14.7. The van der Waals surface area contributed by atoms with Crippen LogP contribution in [-0.4, -0.2) is 30.9 Å². The molecule has 0 fully saturated rings. The van der Waals surface area contributed by atoms with Crippen LogP contribution >= 0.6 is 0 Å². The zero-order chi connectivity index (χ0) is 18.0. The predicted molar refractivity (Wildman–Crippen MR) is 97.8 cm³/mol. The van der Waals surface area contributed by atoms with Gasteiger partial charge in [0.05, 0.1) is 11.6 Å². The maximum Gasteiger partial charge on any atom is 0.255 e. The Morgan fingerprint density at radius 2 is 2.08 bits per heavy atom. The van der Waals surface area contributed by atoms with Crippen molar-refractivity contribution in [1.82, 2.24) is 10.3 Å². The molecule has 2 amide bonds. The van der Waals surface area contributed by atoms with Crippen molar-refractivity contribution < 1.29 is 9.59 Å². The minimum absolute atomic E-state index is 0.0504. The molecule has 1 atom stereocenters. The lowest BCUT2D eigenvalue weighted by Gasteiger charge is -2.21. The van der Waals surface area contributed by atoms with Crippen molar-refractivity contribution in [3.05, 3.63) is 53.2 Å². The molecule has 3 rings (SSSR count). The van der Waals surface area contributed by atoms with Crippen molar-refractivity contribution in [3.8, 4) is 0 Å². The Hall–Kier alpha value is -2.89. The van der Waals surface area contributed by atoms with Crippen LogP contribution in [0.3, 0.4) is 0 Å². The highest BCUT2D eigenvalue weighted by atomic mass is 16.2. The second-order valence-electron chi connectivity index (χ2n) is 6.43. The molecule has 25 heavy (non-hydrogen) atoms. The summed E-state index contributed by atoms with van der Waals surface area (Å²) >= 11 is 0. The minimum Gasteiger partial charge on any atom is -0.362 e. The summed E-state index contributed by atoms with van der Waals surface area (Å²) in [5.41, 5.74) is 3.53. The van der Waals surface area contributed by atoms with Gasteiger partial charge in [0.15, 0.2) is 0 Å². The van der Waals surface area contributed by atoms with Crippen molar-refractivity contribution in [1.29, 1.82) is 0 Å². The van der Waals surface area contributed by atoms with Crippen molar-refractivity contribution in [2.24, 2.45) is 0 Å². The number of aryl methyl sites for hydroxylation is 1. The number of anilines is 2. The molecule has 0 bridgehead atoms. The lowest BCUT2D eigenvalue weighted by atomic mass is 9.97. The summed E-state index contributed by atoms with van der Waals surface area (Å²) in [6.45, 7) is 1.95. The molecular formula is C19H22N4O2. The van der Waals surface area contributed by atoms with Gasteiger partial charge in [-0.2, -0.15) is 0 Å². The van der Waals surface area contributed by atoms with E-state index in [1.54, 1.807) is 18.3 Å². The molecule has 0 saturated carbocycles. The lowest BCUT2D eigenvalue weighted by molar-refractivity contribution is -0.116. The van der Waals surface area contributed by atoms with Gasteiger partial charge in [0.2, 0.25) is 5.91 Å². The van der Waals surface area contributed by atoms with Crippen LogP contribution in [0.15, 0.2) is 36.5 Å². The monoisotopic (exact) mass is 338 g/mol. The first-order valence-electron chi connectivity index (χ1n) is 8.31. The molecule has 2 aromatic rings. The fraction of sp³-hybridized carbons (Fsp3) is 0.316. The standard InChI is InChI=1S/C19H22N4O2/c1-12(13-6-8-16-14(11-13)7-9-17(24)22-16)21-19(25)15-5-4-10-20-18(15)23(2)3/h4-6,8,10-12H,7,9H2,1-3H3,(H,21,25)(H,22,24)/t12-/m1/s1. The number of aromatic nitrogens is 1. The molecule has 0 radical (unpaired) electrons. The molecule has 1 aromatic heterocycles. The number of nitrogens with zero attached hydrogens (tertiary/aromatic N) is 2. The Morgan fingerprint density at radius 1 is 1.28 bits per heavy atom. The van der Waals surface area contributed by atoms with Crippen LogP contribution in [0.5, 0.6) is 0 Å². The first kappa shape index (κ1) is 17.0. The molecule has 2 N–H and O–H groups in total. The molecule has 0 saturated heterocycles. The summed E-state index contributed by atoms with van der Waals surface area (Å²) < 4.78 is 0. The van der Waals surface area contributed by atoms with Crippen molar-refractivity contribution in [2.75, 3.05) is 24.3 Å². The highest BCUT2D eigenvalue weighted by molar-refractivity contribution is 5.99. The Morgan fingerprint density at radius 3 is 2.84 bits per heavy atom. The van der Waals surface area contributed by atoms with Crippen LogP contribution < -0.4 is 15.5 Å². The van der Waals surface area contributed by atoms with Crippen LogP contribution in [0, 0.1) is 0 Å². The molecule has 6 heteroatoms. The van der Waals surface area contributed by atoms with Crippen molar-refractivity contribution >= 4 is 23.3 Å². The van der Waals surface area contributed by atoms with E-state index in [4.69, 9.17) is 0 Å². The molecule has 1 aliphatic heterocycles. The second-order valence-corrected chi connectivity index (χ2v) is 6.43. The summed E-state index contributed by atoms with van der Waals surface area (Å²) in [5.74, 6) is 0.532. The van der Waals surface area contributed by atoms with Crippen molar-refractivity contribution in [2.45, 2.75) is 25.8 Å². The third-order valence-corrected chi connectivity index (χ3v) is 4.33. The Kier molecular flexibility index (Phi) is 4.70. The lowest BCUT2D eigenvalue weighted by Crippen LogP contribution is -2.29. The van der Waals surface area contributed by atoms with Gasteiger partial charge in [-0.15, -0.1) is 0 Å². The van der Waals surface area contributed by atoms with Crippen LogP contribution in [-0.2, 0) is 11.2 Å². The van der Waals surface area contributed by atoms with Gasteiger partial charge in [0, 0.05) is 32.4 Å². The van der Waals surface area contributed by atoms with Gasteiger partial charge in [0.1, 0.15) is 5.82 Å². The number of benzene rings is 1. The predicted octanol–water partition coefficient (Wildman–Crippen LogP) is 2.52. The maximum atomic E-state index is 12.7. The highest BCUT2D eigenvalue weighted by Gasteiger charge is 2.19. The first-order valence-corrected chi connectivity index (χ1v) is 8.31. The number of amides is 2. The van der Waals surface area contributed by atoms with E-state index in [9.17, 15) is 9.59 Å². The number of carbonyl (C=O) groups is 2. The van der Waals surface area contributed by atoms with E-state index in [1.807, 2.05) is 38.1 Å². The van der Waals surface area contributed by atoms with Gasteiger partial charge in [0.25, 0.3) is 5.91 Å². The van der Waals surface area contributed by atoms with E-state index >= 15 is 0 Å². The first-order chi connectivity index (χ1) is 12.0. The van der Waals surface area contributed by atoms with Crippen LogP contribution in [0.2, 0.25) is 0 Å². The van der Waals surface area contributed by atoms with E-state index in [2.05, 4.69) is 21.7 Å². The van der Waals surface area contributed by atoms with Crippen LogP contribution in [0.1, 0.15) is 40.9 Å². The number of fused-ring (bicyclic) bond motifs is 1. The highest BCUT2D eigenvalue weighted by Crippen LogP contribution is 2.26. The quantitative estimate of drug-likeness (QED) is 0.898. The SMILES string of the molecule is C[C@@H](NC(=O)c1cccnc1N(C)C)c1ccc2c(c1)CCC(=O)N2. The number of hydrogen-bond acceptors (Lipinski definition) is 4. The zero-order valence-electron chi connectivity index (χ0n) is 14.7. The van der Waals surface area contributed by atoms with E-state index < -0.39 is 0 Å². The van der Waals surface area contributed by atoms with Crippen LogP contribution in [0.25, 0.3) is 0 Å². The topological polar surface area (TPSA) is 74.3 Å². The van der Waals surface area contributed by atoms with E-state index in [0.29, 0.717) is 17.8 Å². The normalized spacial score (nSPS) is 14.3. The molecule has 0 aliphatic carbocycles. The molecule has 130 valence electrons. The van der Waals surface area contributed by atoms with E-state index in [0.717, 1.165) is 23.2 Å². The van der Waals surface area contributed by atoms with Gasteiger partial charge in [-0.3, -0.25) is 9.59 Å². The van der Waals surface area contributed by atoms with Crippen molar-refractivity contribution in [3.63, 3.8) is 0 Å². The average molecular weight is 338 g/mol. The number of hydrogen-bond donors (Lipinski definition) is 2. The largest absolute Gasteiger partial charge is 0.362 e. The van der Waals surface area contributed by atoms with Gasteiger partial charge in [-0.1, -0.05) is 12.1 Å². The number of carbonyl (C=O) groups excluding carboxylic acids is 2. The Labute approximate surface area is 147 Å². The van der Waals surface area contributed by atoms with E-state index in [1.165, 1.54) is 0 Å². The van der Waals surface area contributed by atoms with Gasteiger partial charge < -0.3 is 15.5 Å².